The molecule has 31 heavy (non-hydrogen) atoms. The van der Waals surface area contributed by atoms with Gasteiger partial charge in [-0.2, -0.15) is 4.31 Å². The van der Waals surface area contributed by atoms with Crippen LogP contribution in [0.2, 0.25) is 0 Å². The SMILES string of the molecule is COC(=O)c1c(C)oc(C)c1S(=O)(=O)N1CCN(C(=O)c2cc3ccccc3[nH]2)CC1. The molecule has 4 rings (SSSR count). The third-order valence-corrected chi connectivity index (χ3v) is 7.53. The highest BCUT2D eigenvalue weighted by molar-refractivity contribution is 7.89. The molecule has 1 amide bonds. The number of piperazine rings is 1. The van der Waals surface area contributed by atoms with Crippen LogP contribution >= 0.6 is 0 Å². The first kappa shape index (κ1) is 21.1. The van der Waals surface area contributed by atoms with Crippen molar-refractivity contribution in [2.45, 2.75) is 18.7 Å². The predicted octanol–water partition coefficient (Wildman–Crippen LogP) is 2.31. The number of nitrogens with zero attached hydrogens (tertiary/aromatic N) is 2. The van der Waals surface area contributed by atoms with Gasteiger partial charge in [-0.3, -0.25) is 4.79 Å². The van der Waals surface area contributed by atoms with Crippen molar-refractivity contribution < 1.29 is 27.2 Å². The van der Waals surface area contributed by atoms with Crippen molar-refractivity contribution >= 4 is 32.8 Å². The maximum Gasteiger partial charge on any atom is 0.342 e. The van der Waals surface area contributed by atoms with Gasteiger partial charge in [0, 0.05) is 37.1 Å². The molecule has 1 aliphatic heterocycles. The summed E-state index contributed by atoms with van der Waals surface area (Å²) < 4.78 is 38.0. The summed E-state index contributed by atoms with van der Waals surface area (Å²) in [4.78, 5) is 29.6. The summed E-state index contributed by atoms with van der Waals surface area (Å²) in [5, 5.41) is 0.938. The van der Waals surface area contributed by atoms with Crippen molar-refractivity contribution in [1.29, 1.82) is 0 Å². The number of rotatable bonds is 4. The summed E-state index contributed by atoms with van der Waals surface area (Å²) in [5.41, 5.74) is 1.25. The topological polar surface area (TPSA) is 113 Å². The number of aromatic amines is 1. The summed E-state index contributed by atoms with van der Waals surface area (Å²) in [7, 11) is -2.81. The second kappa shape index (κ2) is 7.86. The fourth-order valence-electron chi connectivity index (χ4n) is 3.93. The molecule has 0 unspecified atom stereocenters. The van der Waals surface area contributed by atoms with E-state index in [0.29, 0.717) is 5.69 Å². The van der Waals surface area contributed by atoms with Crippen molar-refractivity contribution in [1.82, 2.24) is 14.2 Å². The average Bonchev–Trinajstić information content (AvgIpc) is 3.33. The highest BCUT2D eigenvalue weighted by Crippen LogP contribution is 2.30. The Labute approximate surface area is 179 Å². The van der Waals surface area contributed by atoms with E-state index in [1.807, 2.05) is 24.3 Å². The highest BCUT2D eigenvalue weighted by atomic mass is 32.2. The number of hydrogen-bond donors (Lipinski definition) is 1. The number of furan rings is 1. The second-order valence-corrected chi connectivity index (χ2v) is 9.25. The fourth-order valence-corrected chi connectivity index (χ4v) is 5.72. The van der Waals surface area contributed by atoms with Crippen LogP contribution < -0.4 is 0 Å². The van der Waals surface area contributed by atoms with Gasteiger partial charge in [0.25, 0.3) is 5.91 Å². The molecule has 0 spiro atoms. The Kier molecular flexibility index (Phi) is 5.36. The number of esters is 1. The van der Waals surface area contributed by atoms with Crippen LogP contribution in [0.15, 0.2) is 39.6 Å². The number of nitrogens with one attached hydrogen (secondary N) is 1. The number of para-hydroxylation sites is 1. The van der Waals surface area contributed by atoms with Gasteiger partial charge in [0.1, 0.15) is 27.7 Å². The summed E-state index contributed by atoms with van der Waals surface area (Å²) in [5.74, 6) is -0.621. The monoisotopic (exact) mass is 445 g/mol. The van der Waals surface area contributed by atoms with Gasteiger partial charge in [0.15, 0.2) is 0 Å². The van der Waals surface area contributed by atoms with Crippen molar-refractivity contribution in [3.63, 3.8) is 0 Å². The number of benzene rings is 1. The molecule has 0 aliphatic carbocycles. The quantitative estimate of drug-likeness (QED) is 0.617. The van der Waals surface area contributed by atoms with Crippen molar-refractivity contribution in [2.75, 3.05) is 33.3 Å². The molecular formula is C21H23N3O6S. The Morgan fingerprint density at radius 1 is 1.06 bits per heavy atom. The number of carbonyl (C=O) groups excluding carboxylic acids is 2. The summed E-state index contributed by atoms with van der Waals surface area (Å²) in [6, 6.07) is 9.39. The molecule has 3 aromatic rings. The number of ether oxygens (including phenoxy) is 1. The second-order valence-electron chi connectivity index (χ2n) is 7.38. The Morgan fingerprint density at radius 2 is 1.74 bits per heavy atom. The summed E-state index contributed by atoms with van der Waals surface area (Å²) in [6.45, 7) is 3.71. The molecule has 2 aromatic heterocycles. The van der Waals surface area contributed by atoms with E-state index >= 15 is 0 Å². The third kappa shape index (κ3) is 3.61. The number of aromatic nitrogens is 1. The number of hydrogen-bond acceptors (Lipinski definition) is 6. The number of amides is 1. The van der Waals surface area contributed by atoms with Gasteiger partial charge in [-0.1, -0.05) is 18.2 Å². The normalized spacial score (nSPS) is 15.4. The lowest BCUT2D eigenvalue weighted by Crippen LogP contribution is -2.50. The first-order valence-electron chi connectivity index (χ1n) is 9.79. The van der Waals surface area contributed by atoms with Crippen LogP contribution in [0.1, 0.15) is 32.4 Å². The first-order valence-corrected chi connectivity index (χ1v) is 11.2. The zero-order valence-corrected chi connectivity index (χ0v) is 18.3. The number of H-pyrrole nitrogens is 1. The molecule has 1 aliphatic rings. The number of sulfonamides is 1. The molecule has 0 atom stereocenters. The van der Waals surface area contributed by atoms with E-state index in [1.165, 1.54) is 25.3 Å². The lowest BCUT2D eigenvalue weighted by atomic mass is 10.2. The van der Waals surface area contributed by atoms with Crippen molar-refractivity contribution in [3.8, 4) is 0 Å². The van der Waals surface area contributed by atoms with E-state index in [0.717, 1.165) is 10.9 Å². The lowest BCUT2D eigenvalue weighted by Gasteiger charge is -2.33. The maximum absolute atomic E-state index is 13.3. The van der Waals surface area contributed by atoms with Gasteiger partial charge < -0.3 is 19.0 Å². The highest BCUT2D eigenvalue weighted by Gasteiger charge is 2.37. The predicted molar refractivity (Wildman–Crippen MR) is 112 cm³/mol. The summed E-state index contributed by atoms with van der Waals surface area (Å²) in [6.07, 6.45) is 0. The Morgan fingerprint density at radius 3 is 2.39 bits per heavy atom. The number of carbonyl (C=O) groups is 2. The first-order chi connectivity index (χ1) is 14.7. The zero-order chi connectivity index (χ0) is 22.3. The van der Waals surface area contributed by atoms with Gasteiger partial charge in [-0.25, -0.2) is 13.2 Å². The van der Waals surface area contributed by atoms with Crippen molar-refractivity contribution in [3.05, 3.63) is 53.1 Å². The minimum absolute atomic E-state index is 0.0865. The van der Waals surface area contributed by atoms with Gasteiger partial charge in [0.05, 0.1) is 7.11 Å². The van der Waals surface area contributed by atoms with Crippen LogP contribution in [0.4, 0.5) is 0 Å². The Hall–Kier alpha value is -3.11. The largest absolute Gasteiger partial charge is 0.465 e. The lowest BCUT2D eigenvalue weighted by molar-refractivity contribution is 0.0594. The molecule has 1 saturated heterocycles. The Bertz CT molecular complexity index is 1230. The molecule has 0 saturated carbocycles. The molecule has 1 N–H and O–H groups in total. The standard InChI is InChI=1S/C21H23N3O6S/c1-13-18(21(26)29-3)19(14(2)30-13)31(27,28)24-10-8-23(9-11-24)20(25)17-12-15-6-4-5-7-16(15)22-17/h4-7,12,22H,8-11H2,1-3H3. The van der Waals surface area contributed by atoms with Gasteiger partial charge >= 0.3 is 5.97 Å². The van der Waals surface area contributed by atoms with E-state index in [9.17, 15) is 18.0 Å². The van der Waals surface area contributed by atoms with E-state index in [4.69, 9.17) is 9.15 Å². The van der Waals surface area contributed by atoms with Gasteiger partial charge in [0.2, 0.25) is 10.0 Å². The molecule has 1 aromatic carbocycles. The minimum Gasteiger partial charge on any atom is -0.465 e. The summed E-state index contributed by atoms with van der Waals surface area (Å²) >= 11 is 0. The zero-order valence-electron chi connectivity index (χ0n) is 17.5. The molecule has 0 bridgehead atoms. The van der Waals surface area contributed by atoms with E-state index in [-0.39, 0.29) is 54.1 Å². The van der Waals surface area contributed by atoms with Gasteiger partial charge in [-0.15, -0.1) is 0 Å². The van der Waals surface area contributed by atoms with Crippen LogP contribution in [-0.2, 0) is 14.8 Å². The smallest absolute Gasteiger partial charge is 0.342 e. The number of fused-ring (bicyclic) bond motifs is 1. The molecule has 164 valence electrons. The minimum atomic E-state index is -4.00. The van der Waals surface area contributed by atoms with Crippen LogP contribution in [-0.4, -0.2) is 67.8 Å². The van der Waals surface area contributed by atoms with Crippen LogP contribution in [0.5, 0.6) is 0 Å². The van der Waals surface area contributed by atoms with Crippen LogP contribution in [0, 0.1) is 13.8 Å². The van der Waals surface area contributed by atoms with Crippen molar-refractivity contribution in [2.24, 2.45) is 0 Å². The third-order valence-electron chi connectivity index (χ3n) is 5.48. The average molecular weight is 445 g/mol. The molecule has 1 fully saturated rings. The Balaban J connectivity index is 1.53. The number of methoxy groups -OCH3 is 1. The molecule has 9 nitrogen and oxygen atoms in total. The molecule has 0 radical (unpaired) electrons. The fraction of sp³-hybridized carbons (Fsp3) is 0.333. The van der Waals surface area contributed by atoms with Crippen LogP contribution in [0.25, 0.3) is 10.9 Å². The molecular weight excluding hydrogens is 422 g/mol. The maximum atomic E-state index is 13.3. The molecule has 3 heterocycles. The van der Waals surface area contributed by atoms with Crippen LogP contribution in [0.3, 0.4) is 0 Å². The molecule has 10 heteroatoms. The van der Waals surface area contributed by atoms with Gasteiger partial charge in [-0.05, 0) is 26.0 Å². The van der Waals surface area contributed by atoms with E-state index < -0.39 is 16.0 Å². The number of aryl methyl sites for hydroxylation is 2. The van der Waals surface area contributed by atoms with E-state index in [2.05, 4.69) is 4.98 Å². The van der Waals surface area contributed by atoms with E-state index in [1.54, 1.807) is 11.0 Å².